The number of fused-ring (bicyclic) bond motifs is 2. The summed E-state index contributed by atoms with van der Waals surface area (Å²) in [5.41, 5.74) is 2.55. The first-order valence-electron chi connectivity index (χ1n) is 11.6. The summed E-state index contributed by atoms with van der Waals surface area (Å²) in [7, 11) is 0. The lowest BCUT2D eigenvalue weighted by Crippen LogP contribution is -2.38. The molecule has 176 valence electrons. The normalized spacial score (nSPS) is 23.1. The van der Waals surface area contributed by atoms with Crippen molar-refractivity contribution in [3.63, 3.8) is 0 Å². The molecule has 0 unspecified atom stereocenters. The van der Waals surface area contributed by atoms with Crippen LogP contribution < -0.4 is 10.6 Å². The van der Waals surface area contributed by atoms with Crippen LogP contribution in [0.2, 0.25) is 0 Å². The maximum Gasteiger partial charge on any atom is 0.412 e. The SMILES string of the molecule is O=C(Nc1cccc2ccccc12)O[C@@H]1CO[C@H]2[C@H]1OC[C@H]2Nc1nccc(-c2ccccc2)n1. The van der Waals surface area contributed by atoms with Crippen LogP contribution in [0.1, 0.15) is 0 Å². The molecule has 2 N–H and O–H groups in total. The second-order valence-electron chi connectivity index (χ2n) is 8.57. The van der Waals surface area contributed by atoms with Gasteiger partial charge in [-0.15, -0.1) is 0 Å². The van der Waals surface area contributed by atoms with Crippen LogP contribution in [-0.4, -0.2) is 53.6 Å². The van der Waals surface area contributed by atoms with E-state index in [2.05, 4.69) is 20.6 Å². The molecular weight excluding hydrogens is 444 g/mol. The summed E-state index contributed by atoms with van der Waals surface area (Å²) in [6.07, 6.45) is 0.0644. The monoisotopic (exact) mass is 468 g/mol. The fourth-order valence-electron chi connectivity index (χ4n) is 4.66. The molecule has 2 aliphatic rings. The third kappa shape index (κ3) is 4.41. The second-order valence-corrected chi connectivity index (χ2v) is 8.57. The van der Waals surface area contributed by atoms with Gasteiger partial charge in [0.05, 0.1) is 30.6 Å². The molecule has 0 aliphatic carbocycles. The van der Waals surface area contributed by atoms with Gasteiger partial charge in [-0.25, -0.2) is 14.8 Å². The zero-order valence-electron chi connectivity index (χ0n) is 18.8. The first kappa shape index (κ1) is 21.5. The van der Waals surface area contributed by atoms with Crippen molar-refractivity contribution in [2.24, 2.45) is 0 Å². The number of anilines is 2. The fraction of sp³-hybridized carbons (Fsp3) is 0.222. The van der Waals surface area contributed by atoms with Crippen LogP contribution >= 0.6 is 0 Å². The van der Waals surface area contributed by atoms with E-state index in [0.29, 0.717) is 18.2 Å². The van der Waals surface area contributed by atoms with Crippen molar-refractivity contribution in [2.75, 3.05) is 23.8 Å². The van der Waals surface area contributed by atoms with Crippen LogP contribution in [0.25, 0.3) is 22.0 Å². The Labute approximate surface area is 202 Å². The van der Waals surface area contributed by atoms with Crippen LogP contribution in [0.3, 0.4) is 0 Å². The maximum absolute atomic E-state index is 12.7. The molecule has 3 aromatic carbocycles. The zero-order valence-corrected chi connectivity index (χ0v) is 18.8. The van der Waals surface area contributed by atoms with E-state index in [1.807, 2.05) is 78.9 Å². The number of benzene rings is 3. The van der Waals surface area contributed by atoms with Crippen molar-refractivity contribution in [1.82, 2.24) is 9.97 Å². The Bertz CT molecular complexity index is 1340. The number of aromatic nitrogens is 2. The third-order valence-corrected chi connectivity index (χ3v) is 6.33. The van der Waals surface area contributed by atoms with Crippen molar-refractivity contribution >= 4 is 28.5 Å². The highest BCUT2D eigenvalue weighted by Crippen LogP contribution is 2.31. The van der Waals surface area contributed by atoms with Crippen molar-refractivity contribution in [3.8, 4) is 11.3 Å². The molecule has 1 aromatic heterocycles. The van der Waals surface area contributed by atoms with Gasteiger partial charge in [-0.2, -0.15) is 0 Å². The zero-order chi connectivity index (χ0) is 23.6. The summed E-state index contributed by atoms with van der Waals surface area (Å²) in [4.78, 5) is 21.6. The number of nitrogens with one attached hydrogen (secondary N) is 2. The number of amides is 1. The Morgan fingerprint density at radius 3 is 2.60 bits per heavy atom. The summed E-state index contributed by atoms with van der Waals surface area (Å²) < 4.78 is 17.6. The van der Waals surface area contributed by atoms with E-state index < -0.39 is 12.2 Å². The Morgan fingerprint density at radius 1 is 0.886 bits per heavy atom. The summed E-state index contributed by atoms with van der Waals surface area (Å²) in [6.45, 7) is 0.667. The van der Waals surface area contributed by atoms with Gasteiger partial charge >= 0.3 is 6.09 Å². The van der Waals surface area contributed by atoms with Gasteiger partial charge in [-0.1, -0.05) is 66.7 Å². The Hall–Kier alpha value is -4.01. The number of carbonyl (C=O) groups is 1. The average molecular weight is 469 g/mol. The van der Waals surface area contributed by atoms with Crippen LogP contribution in [0.4, 0.5) is 16.4 Å². The molecule has 8 heteroatoms. The van der Waals surface area contributed by atoms with E-state index in [9.17, 15) is 4.79 Å². The predicted octanol–water partition coefficient (Wildman–Crippen LogP) is 4.49. The van der Waals surface area contributed by atoms with E-state index in [1.54, 1.807) is 6.20 Å². The number of nitrogens with zero attached hydrogens (tertiary/aromatic N) is 2. The van der Waals surface area contributed by atoms with Crippen molar-refractivity contribution in [1.29, 1.82) is 0 Å². The first-order chi connectivity index (χ1) is 17.2. The number of hydrogen-bond acceptors (Lipinski definition) is 7. The smallest absolute Gasteiger partial charge is 0.412 e. The second kappa shape index (κ2) is 9.32. The van der Waals surface area contributed by atoms with E-state index in [4.69, 9.17) is 14.2 Å². The van der Waals surface area contributed by atoms with Gasteiger partial charge in [0.1, 0.15) is 12.2 Å². The molecular formula is C27H24N4O4. The number of ether oxygens (including phenoxy) is 3. The Morgan fingerprint density at radius 2 is 1.69 bits per heavy atom. The van der Waals surface area contributed by atoms with Gasteiger partial charge in [-0.3, -0.25) is 5.32 Å². The molecule has 0 saturated carbocycles. The maximum atomic E-state index is 12.7. The fourth-order valence-corrected chi connectivity index (χ4v) is 4.66. The molecule has 4 aromatic rings. The summed E-state index contributed by atoms with van der Waals surface area (Å²) in [5, 5.41) is 8.18. The number of carbonyl (C=O) groups excluding carboxylic acids is 1. The van der Waals surface area contributed by atoms with Crippen molar-refractivity contribution in [3.05, 3.63) is 85.1 Å². The minimum atomic E-state index is -0.533. The lowest BCUT2D eigenvalue weighted by Gasteiger charge is -2.18. The molecule has 4 atom stereocenters. The molecule has 3 heterocycles. The lowest BCUT2D eigenvalue weighted by atomic mass is 10.1. The van der Waals surface area contributed by atoms with E-state index in [1.165, 1.54) is 0 Å². The van der Waals surface area contributed by atoms with Crippen molar-refractivity contribution < 1.29 is 19.0 Å². The van der Waals surface area contributed by atoms with Gasteiger partial charge in [0, 0.05) is 17.1 Å². The predicted molar refractivity (Wildman–Crippen MR) is 132 cm³/mol. The van der Waals surface area contributed by atoms with Crippen LogP contribution in [-0.2, 0) is 14.2 Å². The summed E-state index contributed by atoms with van der Waals surface area (Å²) in [6, 6.07) is 25.3. The molecule has 2 aliphatic heterocycles. The quantitative estimate of drug-likeness (QED) is 0.446. The van der Waals surface area contributed by atoms with Gasteiger partial charge in [0.15, 0.2) is 6.10 Å². The average Bonchev–Trinajstić information content (AvgIpc) is 3.48. The van der Waals surface area contributed by atoms with Crippen molar-refractivity contribution in [2.45, 2.75) is 24.4 Å². The number of hydrogen-bond donors (Lipinski definition) is 2. The van der Waals surface area contributed by atoms with Gasteiger partial charge in [-0.05, 0) is 17.5 Å². The highest BCUT2D eigenvalue weighted by Gasteiger charge is 2.49. The minimum absolute atomic E-state index is 0.152. The Balaban J connectivity index is 1.09. The third-order valence-electron chi connectivity index (χ3n) is 6.33. The Kier molecular flexibility index (Phi) is 5.73. The standard InChI is InChI=1S/C27H24N4O4/c32-27(31-21-12-6-10-17-7-4-5-11-19(17)21)35-23-16-34-24-22(15-33-25(23)24)30-26-28-14-13-20(29-26)18-8-2-1-3-9-18/h1-14,22-25H,15-16H2,(H,31,32)(H,28,29,30)/t22-,23-,24-,25+/m1/s1. The van der Waals surface area contributed by atoms with Crippen LogP contribution in [0, 0.1) is 0 Å². The lowest BCUT2D eigenvalue weighted by molar-refractivity contribution is 0.00917. The van der Waals surface area contributed by atoms with Crippen LogP contribution in [0.15, 0.2) is 85.1 Å². The molecule has 35 heavy (non-hydrogen) atoms. The largest absolute Gasteiger partial charge is 0.441 e. The van der Waals surface area contributed by atoms with Gasteiger partial charge in [0.25, 0.3) is 0 Å². The molecule has 6 rings (SSSR count). The highest BCUT2D eigenvalue weighted by atomic mass is 16.6. The molecule has 0 radical (unpaired) electrons. The van der Waals surface area contributed by atoms with E-state index in [-0.39, 0.29) is 24.9 Å². The number of rotatable bonds is 5. The highest BCUT2D eigenvalue weighted by molar-refractivity contribution is 6.00. The molecule has 1 amide bonds. The minimum Gasteiger partial charge on any atom is -0.441 e. The van der Waals surface area contributed by atoms with Gasteiger partial charge in [0.2, 0.25) is 5.95 Å². The van der Waals surface area contributed by atoms with E-state index >= 15 is 0 Å². The van der Waals surface area contributed by atoms with Crippen LogP contribution in [0.5, 0.6) is 0 Å². The molecule has 0 bridgehead atoms. The summed E-state index contributed by atoms with van der Waals surface area (Å²) >= 11 is 0. The molecule has 2 saturated heterocycles. The topological polar surface area (TPSA) is 94.6 Å². The molecule has 0 spiro atoms. The molecule has 2 fully saturated rings. The van der Waals surface area contributed by atoms with E-state index in [0.717, 1.165) is 22.0 Å². The van der Waals surface area contributed by atoms with Gasteiger partial charge < -0.3 is 19.5 Å². The first-order valence-corrected chi connectivity index (χ1v) is 11.6. The summed E-state index contributed by atoms with van der Waals surface area (Å²) in [5.74, 6) is 0.502. The molecule has 8 nitrogen and oxygen atoms in total.